The van der Waals surface area contributed by atoms with Crippen molar-refractivity contribution in [3.63, 3.8) is 0 Å². The van der Waals surface area contributed by atoms with Gasteiger partial charge in [-0.2, -0.15) is 0 Å². The maximum atomic E-state index is 13.0. The van der Waals surface area contributed by atoms with Crippen molar-refractivity contribution in [1.29, 1.82) is 0 Å². The van der Waals surface area contributed by atoms with Gasteiger partial charge in [0, 0.05) is 71.7 Å². The first-order valence-corrected chi connectivity index (χ1v) is 14.2. The van der Waals surface area contributed by atoms with Crippen LogP contribution in [0.1, 0.15) is 16.8 Å². The summed E-state index contributed by atoms with van der Waals surface area (Å²) in [5, 5.41) is 10.9. The van der Waals surface area contributed by atoms with Gasteiger partial charge < -0.3 is 30.7 Å². The normalized spacial score (nSPS) is 17.5. The minimum atomic E-state index is -0.212. The number of carbonyl (C=O) groups is 2. The second-order valence-electron chi connectivity index (χ2n) is 10.8. The lowest BCUT2D eigenvalue weighted by Crippen LogP contribution is -2.53. The van der Waals surface area contributed by atoms with E-state index in [1.165, 1.54) is 6.08 Å². The quantitative estimate of drug-likeness (QED) is 0.217. The Morgan fingerprint density at radius 2 is 1.88 bits per heavy atom. The first-order chi connectivity index (χ1) is 20.2. The van der Waals surface area contributed by atoms with Crippen LogP contribution >= 0.6 is 11.6 Å². The standard InChI is InChI=1S/C31H35ClN8O2/c1-39(2)14-6-9-28(41)35-21-12-10-20(11-13-21)30(42)36-22-15-23(19-40(3)18-22)37-31-34-17-26(32)29(38-31)25-16-33-27-8-5-4-7-24(25)27/h4-13,16-17,22-23,33H,14-15,18-19H2,1-3H3,(H,35,41)(H,36,42)(H,34,37,38)/t22-,23+/m0/s1. The highest BCUT2D eigenvalue weighted by molar-refractivity contribution is 6.33. The fraction of sp³-hybridized carbons (Fsp3) is 0.290. The molecule has 0 bridgehead atoms. The van der Waals surface area contributed by atoms with Gasteiger partial charge in [0.25, 0.3) is 5.91 Å². The van der Waals surface area contributed by atoms with Gasteiger partial charge in [-0.3, -0.25) is 9.59 Å². The van der Waals surface area contributed by atoms with Gasteiger partial charge in [0.05, 0.1) is 16.9 Å². The molecule has 1 aliphatic heterocycles. The Labute approximate surface area is 250 Å². The number of hydrogen-bond acceptors (Lipinski definition) is 7. The average molecular weight is 587 g/mol. The van der Waals surface area contributed by atoms with Gasteiger partial charge >= 0.3 is 0 Å². The number of carbonyl (C=O) groups excluding carboxylic acids is 2. The molecular weight excluding hydrogens is 552 g/mol. The first kappa shape index (κ1) is 29.2. The van der Waals surface area contributed by atoms with E-state index >= 15 is 0 Å². The molecule has 2 amide bonds. The van der Waals surface area contributed by atoms with E-state index in [0.29, 0.717) is 40.9 Å². The number of piperidine rings is 1. The van der Waals surface area contributed by atoms with E-state index in [1.54, 1.807) is 36.5 Å². The molecule has 4 N–H and O–H groups in total. The lowest BCUT2D eigenvalue weighted by molar-refractivity contribution is -0.111. The zero-order valence-corrected chi connectivity index (χ0v) is 24.7. The number of anilines is 2. The lowest BCUT2D eigenvalue weighted by Gasteiger charge is -2.36. The van der Waals surface area contributed by atoms with Crippen LogP contribution in [0.15, 0.2) is 73.1 Å². The number of aromatic nitrogens is 3. The molecule has 0 unspecified atom stereocenters. The highest BCUT2D eigenvalue weighted by atomic mass is 35.5. The van der Waals surface area contributed by atoms with E-state index in [0.717, 1.165) is 29.6 Å². The molecule has 0 saturated carbocycles. The van der Waals surface area contributed by atoms with Gasteiger partial charge in [-0.1, -0.05) is 35.9 Å². The van der Waals surface area contributed by atoms with Crippen LogP contribution in [0.2, 0.25) is 5.02 Å². The maximum absolute atomic E-state index is 13.0. The summed E-state index contributed by atoms with van der Waals surface area (Å²) in [6.45, 7) is 2.18. The van der Waals surface area contributed by atoms with Crippen LogP contribution in [0, 0.1) is 0 Å². The molecule has 42 heavy (non-hydrogen) atoms. The van der Waals surface area contributed by atoms with E-state index in [-0.39, 0.29) is 23.9 Å². The van der Waals surface area contributed by atoms with Gasteiger partial charge in [0.15, 0.2) is 0 Å². The molecule has 218 valence electrons. The third kappa shape index (κ3) is 7.33. The number of nitrogens with one attached hydrogen (secondary N) is 4. The molecule has 0 radical (unpaired) electrons. The molecule has 3 heterocycles. The number of fused-ring (bicyclic) bond motifs is 1. The Bertz CT molecular complexity index is 1580. The molecule has 2 aromatic heterocycles. The molecule has 10 nitrogen and oxygen atoms in total. The van der Waals surface area contributed by atoms with Crippen LogP contribution in [0.4, 0.5) is 11.6 Å². The number of likely N-dealkylation sites (tertiary alicyclic amines) is 1. The van der Waals surface area contributed by atoms with Crippen molar-refractivity contribution in [2.75, 3.05) is 51.4 Å². The van der Waals surface area contributed by atoms with Crippen molar-refractivity contribution in [3.05, 3.63) is 83.7 Å². The van der Waals surface area contributed by atoms with Gasteiger partial charge in [-0.15, -0.1) is 0 Å². The number of hydrogen-bond donors (Lipinski definition) is 4. The van der Waals surface area contributed by atoms with Crippen LogP contribution < -0.4 is 16.0 Å². The molecule has 11 heteroatoms. The number of amides is 2. The van der Waals surface area contributed by atoms with Gasteiger partial charge in [0.1, 0.15) is 0 Å². The lowest BCUT2D eigenvalue weighted by atomic mass is 10.0. The Hall–Kier alpha value is -4.25. The van der Waals surface area contributed by atoms with Crippen LogP contribution in [0.5, 0.6) is 0 Å². The molecule has 2 atom stereocenters. The number of benzene rings is 2. The Kier molecular flexibility index (Phi) is 9.16. The van der Waals surface area contributed by atoms with Crippen molar-refractivity contribution in [2.24, 2.45) is 0 Å². The van der Waals surface area contributed by atoms with Crippen molar-refractivity contribution in [1.82, 2.24) is 30.1 Å². The molecular formula is C31H35ClN8O2. The van der Waals surface area contributed by atoms with Crippen molar-refractivity contribution in [2.45, 2.75) is 18.5 Å². The number of aromatic amines is 1. The van der Waals surface area contributed by atoms with Crippen LogP contribution in [0.25, 0.3) is 22.2 Å². The van der Waals surface area contributed by atoms with Crippen molar-refractivity contribution < 1.29 is 9.59 Å². The number of H-pyrrole nitrogens is 1. The Morgan fingerprint density at radius 3 is 2.67 bits per heavy atom. The average Bonchev–Trinajstić information content (AvgIpc) is 3.38. The number of likely N-dealkylation sites (N-methyl/N-ethyl adjacent to an activating group) is 2. The minimum absolute atomic E-state index is 0.0178. The topological polar surface area (TPSA) is 118 Å². The zero-order valence-electron chi connectivity index (χ0n) is 23.9. The van der Waals surface area contributed by atoms with Crippen LogP contribution in [-0.2, 0) is 4.79 Å². The molecule has 1 aliphatic rings. The second kappa shape index (κ2) is 13.2. The number of halogens is 1. The number of rotatable bonds is 9. The third-order valence-corrected chi connectivity index (χ3v) is 7.32. The SMILES string of the molecule is CN(C)CC=CC(=O)Nc1ccc(C(=O)N[C@H]2C[C@@H](Nc3ncc(Cl)c(-c4c[nH]c5ccccc45)n3)CN(C)C2)cc1. The van der Waals surface area contributed by atoms with E-state index < -0.39 is 0 Å². The summed E-state index contributed by atoms with van der Waals surface area (Å²) in [6, 6.07) is 14.8. The molecule has 1 fully saturated rings. The fourth-order valence-corrected chi connectivity index (χ4v) is 5.33. The van der Waals surface area contributed by atoms with Gasteiger partial charge in [-0.05, 0) is 57.9 Å². The predicted octanol–water partition coefficient (Wildman–Crippen LogP) is 4.25. The summed E-state index contributed by atoms with van der Waals surface area (Å²) in [5.74, 6) is 0.109. The zero-order chi connectivity index (χ0) is 29.6. The molecule has 0 spiro atoms. The molecule has 1 saturated heterocycles. The van der Waals surface area contributed by atoms with Crippen molar-refractivity contribution >= 4 is 46.0 Å². The summed E-state index contributed by atoms with van der Waals surface area (Å²) in [7, 11) is 5.89. The molecule has 0 aliphatic carbocycles. The predicted molar refractivity (Wildman–Crippen MR) is 168 cm³/mol. The third-order valence-electron chi connectivity index (χ3n) is 7.04. The van der Waals surface area contributed by atoms with E-state index in [4.69, 9.17) is 16.6 Å². The van der Waals surface area contributed by atoms with Crippen LogP contribution in [0.3, 0.4) is 0 Å². The highest BCUT2D eigenvalue weighted by Crippen LogP contribution is 2.32. The molecule has 4 aromatic rings. The second-order valence-corrected chi connectivity index (χ2v) is 11.2. The van der Waals surface area contributed by atoms with Gasteiger partial charge in [-0.25, -0.2) is 9.97 Å². The largest absolute Gasteiger partial charge is 0.360 e. The smallest absolute Gasteiger partial charge is 0.251 e. The summed E-state index contributed by atoms with van der Waals surface area (Å²) in [4.78, 5) is 41.7. The monoisotopic (exact) mass is 586 g/mol. The Balaban J connectivity index is 1.20. The summed E-state index contributed by atoms with van der Waals surface area (Å²) in [6.07, 6.45) is 7.53. The van der Waals surface area contributed by atoms with Gasteiger partial charge in [0.2, 0.25) is 11.9 Å². The fourth-order valence-electron chi connectivity index (χ4n) is 5.13. The number of nitrogens with zero attached hydrogens (tertiary/aromatic N) is 4. The summed E-state index contributed by atoms with van der Waals surface area (Å²) in [5.41, 5.74) is 3.74. The van der Waals surface area contributed by atoms with Crippen molar-refractivity contribution in [3.8, 4) is 11.3 Å². The summed E-state index contributed by atoms with van der Waals surface area (Å²) < 4.78 is 0. The van der Waals surface area contributed by atoms with Crippen LogP contribution in [-0.4, -0.2) is 89.4 Å². The Morgan fingerprint density at radius 1 is 1.12 bits per heavy atom. The summed E-state index contributed by atoms with van der Waals surface area (Å²) >= 11 is 6.51. The number of para-hydroxylation sites is 1. The molecule has 5 rings (SSSR count). The van der Waals surface area contributed by atoms with E-state index in [2.05, 4.69) is 30.8 Å². The van der Waals surface area contributed by atoms with E-state index in [9.17, 15) is 9.59 Å². The highest BCUT2D eigenvalue weighted by Gasteiger charge is 2.27. The molecule has 2 aromatic carbocycles. The maximum Gasteiger partial charge on any atom is 0.251 e. The van der Waals surface area contributed by atoms with E-state index in [1.807, 2.05) is 56.5 Å². The minimum Gasteiger partial charge on any atom is -0.360 e. The first-order valence-electron chi connectivity index (χ1n) is 13.8.